The molecular formula is C22H33N5O. The molecule has 4 atom stereocenters. The average molecular weight is 384 g/mol. The van der Waals surface area contributed by atoms with Crippen molar-refractivity contribution >= 4 is 0 Å². The lowest BCUT2D eigenvalue weighted by Gasteiger charge is -2.37. The number of hydrogen-bond acceptors (Lipinski definition) is 5. The van der Waals surface area contributed by atoms with Crippen LogP contribution in [0.1, 0.15) is 30.1 Å². The van der Waals surface area contributed by atoms with Crippen LogP contribution in [0.5, 0.6) is 0 Å². The van der Waals surface area contributed by atoms with Gasteiger partial charge in [0.2, 0.25) is 0 Å². The van der Waals surface area contributed by atoms with E-state index in [1.165, 1.54) is 18.7 Å². The Kier molecular flexibility index (Phi) is 6.09. The average Bonchev–Trinajstić information content (AvgIpc) is 3.31. The van der Waals surface area contributed by atoms with Crippen LogP contribution in [0.25, 0.3) is 0 Å². The third-order valence-corrected chi connectivity index (χ3v) is 6.40. The van der Waals surface area contributed by atoms with Crippen molar-refractivity contribution in [3.8, 4) is 0 Å². The van der Waals surface area contributed by atoms with E-state index in [-0.39, 0.29) is 6.10 Å². The molecule has 2 fully saturated rings. The Labute approximate surface area is 168 Å². The second kappa shape index (κ2) is 8.72. The van der Waals surface area contributed by atoms with Crippen molar-refractivity contribution in [2.24, 2.45) is 11.8 Å². The molecule has 0 bridgehead atoms. The van der Waals surface area contributed by atoms with Gasteiger partial charge in [-0.25, -0.2) is 4.68 Å². The highest BCUT2D eigenvalue weighted by Gasteiger charge is 2.43. The van der Waals surface area contributed by atoms with Crippen LogP contribution in [0.2, 0.25) is 0 Å². The molecule has 1 aromatic carbocycles. The lowest BCUT2D eigenvalue weighted by Crippen LogP contribution is -2.37. The Hall–Kier alpha value is -1.76. The number of aromatic nitrogens is 3. The Morgan fingerprint density at radius 1 is 1.11 bits per heavy atom. The van der Waals surface area contributed by atoms with Gasteiger partial charge in [-0.1, -0.05) is 35.5 Å². The zero-order valence-electron chi connectivity index (χ0n) is 17.4. The molecule has 0 N–H and O–H groups in total. The van der Waals surface area contributed by atoms with Crippen LogP contribution in [-0.4, -0.2) is 71.7 Å². The zero-order valence-corrected chi connectivity index (χ0v) is 17.4. The number of ether oxygens (including phenoxy) is 1. The maximum Gasteiger partial charge on any atom is 0.0967 e. The predicted octanol–water partition coefficient (Wildman–Crippen LogP) is 2.48. The van der Waals surface area contributed by atoms with Crippen molar-refractivity contribution in [3.05, 3.63) is 47.8 Å². The predicted molar refractivity (Wildman–Crippen MR) is 110 cm³/mol. The SMILES string of the molecule is CO[C@@H]1C[C@H]2CN(CCc3ccccc3)C[C@H]2C[C@H]1n1cc(CN(C)C)nn1. The molecule has 1 aromatic heterocycles. The van der Waals surface area contributed by atoms with E-state index in [4.69, 9.17) is 4.74 Å². The molecular weight excluding hydrogens is 350 g/mol. The molecule has 2 heterocycles. The molecule has 2 aliphatic rings. The van der Waals surface area contributed by atoms with E-state index in [0.29, 0.717) is 6.04 Å². The van der Waals surface area contributed by atoms with E-state index in [1.807, 2.05) is 7.11 Å². The first kappa shape index (κ1) is 19.6. The quantitative estimate of drug-likeness (QED) is 0.735. The Bertz CT molecular complexity index is 746. The molecule has 2 aromatic rings. The fourth-order valence-corrected chi connectivity index (χ4v) is 5.01. The summed E-state index contributed by atoms with van der Waals surface area (Å²) in [5.41, 5.74) is 2.46. The maximum atomic E-state index is 5.90. The smallest absolute Gasteiger partial charge is 0.0967 e. The molecule has 1 saturated heterocycles. The molecule has 4 rings (SSSR count). The summed E-state index contributed by atoms with van der Waals surface area (Å²) >= 11 is 0. The largest absolute Gasteiger partial charge is 0.379 e. The van der Waals surface area contributed by atoms with E-state index in [0.717, 1.165) is 49.9 Å². The second-order valence-electron chi connectivity index (χ2n) is 8.76. The monoisotopic (exact) mass is 383 g/mol. The number of nitrogens with zero attached hydrogens (tertiary/aromatic N) is 5. The van der Waals surface area contributed by atoms with Crippen LogP contribution in [0.4, 0.5) is 0 Å². The van der Waals surface area contributed by atoms with Crippen LogP contribution in [-0.2, 0) is 17.7 Å². The van der Waals surface area contributed by atoms with Crippen molar-refractivity contribution in [1.29, 1.82) is 0 Å². The van der Waals surface area contributed by atoms with Gasteiger partial charge in [0.1, 0.15) is 0 Å². The highest BCUT2D eigenvalue weighted by molar-refractivity contribution is 5.15. The lowest BCUT2D eigenvalue weighted by atomic mass is 9.77. The molecule has 0 radical (unpaired) electrons. The van der Waals surface area contributed by atoms with Gasteiger partial charge in [0.15, 0.2) is 0 Å². The van der Waals surface area contributed by atoms with E-state index in [2.05, 4.69) is 75.4 Å². The van der Waals surface area contributed by atoms with E-state index >= 15 is 0 Å². The Balaban J connectivity index is 1.38. The summed E-state index contributed by atoms with van der Waals surface area (Å²) in [5, 5.41) is 8.82. The van der Waals surface area contributed by atoms with Crippen molar-refractivity contribution < 1.29 is 4.74 Å². The summed E-state index contributed by atoms with van der Waals surface area (Å²) in [6, 6.07) is 11.1. The minimum Gasteiger partial charge on any atom is -0.379 e. The fraction of sp³-hybridized carbons (Fsp3) is 0.636. The minimum atomic E-state index is 0.226. The number of benzene rings is 1. The van der Waals surface area contributed by atoms with Gasteiger partial charge < -0.3 is 14.5 Å². The van der Waals surface area contributed by atoms with Gasteiger partial charge in [0.25, 0.3) is 0 Å². The summed E-state index contributed by atoms with van der Waals surface area (Å²) in [7, 11) is 5.97. The molecule has 0 unspecified atom stereocenters. The third kappa shape index (κ3) is 4.45. The number of fused-ring (bicyclic) bond motifs is 1. The van der Waals surface area contributed by atoms with Gasteiger partial charge in [-0.3, -0.25) is 0 Å². The van der Waals surface area contributed by atoms with Gasteiger partial charge >= 0.3 is 0 Å². The number of rotatable bonds is 7. The number of hydrogen-bond donors (Lipinski definition) is 0. The number of likely N-dealkylation sites (tertiary alicyclic amines) is 1. The van der Waals surface area contributed by atoms with Crippen molar-refractivity contribution in [2.45, 2.75) is 38.0 Å². The highest BCUT2D eigenvalue weighted by atomic mass is 16.5. The van der Waals surface area contributed by atoms with Crippen LogP contribution < -0.4 is 0 Å². The summed E-state index contributed by atoms with van der Waals surface area (Å²) in [5.74, 6) is 1.47. The first-order valence-corrected chi connectivity index (χ1v) is 10.5. The van der Waals surface area contributed by atoms with Gasteiger partial charge in [0.05, 0.1) is 24.0 Å². The van der Waals surface area contributed by atoms with Crippen molar-refractivity contribution in [3.63, 3.8) is 0 Å². The minimum absolute atomic E-state index is 0.226. The van der Waals surface area contributed by atoms with Crippen LogP contribution in [0.3, 0.4) is 0 Å². The summed E-state index contributed by atoms with van der Waals surface area (Å²) in [6.07, 6.45) is 5.73. The molecule has 6 nitrogen and oxygen atoms in total. The van der Waals surface area contributed by atoms with Gasteiger partial charge in [-0.05, 0) is 50.8 Å². The topological polar surface area (TPSA) is 46.4 Å². The van der Waals surface area contributed by atoms with E-state index < -0.39 is 0 Å². The molecule has 0 amide bonds. The van der Waals surface area contributed by atoms with Gasteiger partial charge in [0, 0.05) is 33.3 Å². The molecule has 28 heavy (non-hydrogen) atoms. The Morgan fingerprint density at radius 2 is 1.86 bits per heavy atom. The third-order valence-electron chi connectivity index (χ3n) is 6.40. The standard InChI is InChI=1S/C22H33N5O/c1-25(2)15-20-16-27(24-23-20)21-11-18-13-26(14-19(18)12-22(21)28-3)10-9-17-7-5-4-6-8-17/h4-8,16,18-19,21-22H,9-15H2,1-3H3/t18-,19+,21-,22-/m1/s1. The van der Waals surface area contributed by atoms with Crippen molar-refractivity contribution in [2.75, 3.05) is 40.8 Å². The summed E-state index contributed by atoms with van der Waals surface area (Å²) in [6.45, 7) is 4.37. The van der Waals surface area contributed by atoms with E-state index in [9.17, 15) is 0 Å². The van der Waals surface area contributed by atoms with Crippen molar-refractivity contribution in [1.82, 2.24) is 24.8 Å². The summed E-state index contributed by atoms with van der Waals surface area (Å²) in [4.78, 5) is 4.77. The normalized spacial score (nSPS) is 28.0. The first-order valence-electron chi connectivity index (χ1n) is 10.5. The van der Waals surface area contributed by atoms with Gasteiger partial charge in [-0.15, -0.1) is 5.10 Å². The molecule has 1 aliphatic heterocycles. The molecule has 1 saturated carbocycles. The van der Waals surface area contributed by atoms with Crippen LogP contribution in [0, 0.1) is 11.8 Å². The fourth-order valence-electron chi connectivity index (χ4n) is 5.01. The molecule has 0 spiro atoms. The second-order valence-corrected chi connectivity index (χ2v) is 8.76. The highest BCUT2D eigenvalue weighted by Crippen LogP contribution is 2.42. The molecule has 1 aliphatic carbocycles. The molecule has 6 heteroatoms. The van der Waals surface area contributed by atoms with Gasteiger partial charge in [-0.2, -0.15) is 0 Å². The first-order chi connectivity index (χ1) is 13.6. The van der Waals surface area contributed by atoms with E-state index in [1.54, 1.807) is 0 Å². The summed E-state index contributed by atoms with van der Waals surface area (Å²) < 4.78 is 7.97. The van der Waals surface area contributed by atoms with Crippen LogP contribution in [0.15, 0.2) is 36.5 Å². The maximum absolute atomic E-state index is 5.90. The number of methoxy groups -OCH3 is 1. The lowest BCUT2D eigenvalue weighted by molar-refractivity contribution is -0.00546. The Morgan fingerprint density at radius 3 is 2.57 bits per heavy atom. The zero-order chi connectivity index (χ0) is 19.5. The molecule has 152 valence electrons. The van der Waals surface area contributed by atoms with Crippen LogP contribution >= 0.6 is 0 Å².